The Morgan fingerprint density at radius 3 is 2.40 bits per heavy atom. The molecule has 0 atom stereocenters. The van der Waals surface area contributed by atoms with Crippen LogP contribution in [0.1, 0.15) is 25.4 Å². The summed E-state index contributed by atoms with van der Waals surface area (Å²) in [6.07, 6.45) is 4.32. The summed E-state index contributed by atoms with van der Waals surface area (Å²) in [5.74, 6) is 1.30. The number of rotatable bonds is 2. The molecule has 1 rings (SSSR count). The SMILES string of the molecule is CCc1c[n+](C)c(CC)[nH]1. The fourth-order valence-corrected chi connectivity index (χ4v) is 1.13. The van der Waals surface area contributed by atoms with Crippen LogP contribution in [0.3, 0.4) is 0 Å². The van der Waals surface area contributed by atoms with Gasteiger partial charge in [-0.1, -0.05) is 13.8 Å². The molecule has 0 aliphatic carbocycles. The molecule has 0 unspecified atom stereocenters. The van der Waals surface area contributed by atoms with Gasteiger partial charge < -0.3 is 0 Å². The van der Waals surface area contributed by atoms with E-state index in [-0.39, 0.29) is 0 Å². The van der Waals surface area contributed by atoms with E-state index < -0.39 is 0 Å². The van der Waals surface area contributed by atoms with Crippen LogP contribution < -0.4 is 4.57 Å². The summed E-state index contributed by atoms with van der Waals surface area (Å²) >= 11 is 0. The van der Waals surface area contributed by atoms with Gasteiger partial charge in [-0.05, 0) is 0 Å². The first-order valence-electron chi connectivity index (χ1n) is 3.84. The number of aromatic nitrogens is 2. The van der Waals surface area contributed by atoms with Gasteiger partial charge in [0.25, 0.3) is 5.82 Å². The second-order valence-corrected chi connectivity index (χ2v) is 2.54. The third kappa shape index (κ3) is 1.20. The summed E-state index contributed by atoms with van der Waals surface area (Å²) < 4.78 is 2.15. The summed E-state index contributed by atoms with van der Waals surface area (Å²) in [5.41, 5.74) is 1.32. The Balaban J connectivity index is 2.92. The molecule has 2 nitrogen and oxygen atoms in total. The molecule has 1 aromatic heterocycles. The quantitative estimate of drug-likeness (QED) is 0.589. The largest absolute Gasteiger partial charge is 0.253 e. The van der Waals surface area contributed by atoms with E-state index in [0.29, 0.717) is 0 Å². The highest BCUT2D eigenvalue weighted by atomic mass is 15.0. The van der Waals surface area contributed by atoms with Gasteiger partial charge >= 0.3 is 0 Å². The summed E-state index contributed by atoms with van der Waals surface area (Å²) in [7, 11) is 2.08. The van der Waals surface area contributed by atoms with Crippen molar-refractivity contribution in [3.8, 4) is 0 Å². The zero-order valence-corrected chi connectivity index (χ0v) is 6.94. The van der Waals surface area contributed by atoms with Gasteiger partial charge in [-0.25, -0.2) is 9.55 Å². The van der Waals surface area contributed by atoms with Gasteiger partial charge in [0.15, 0.2) is 0 Å². The van der Waals surface area contributed by atoms with Crippen molar-refractivity contribution in [1.29, 1.82) is 0 Å². The Bertz CT molecular complexity index is 213. The number of hydrogen-bond acceptors (Lipinski definition) is 0. The van der Waals surface area contributed by atoms with Crippen molar-refractivity contribution in [2.45, 2.75) is 26.7 Å². The minimum absolute atomic E-state index is 1.08. The summed E-state index contributed by atoms with van der Waals surface area (Å²) in [6.45, 7) is 4.32. The van der Waals surface area contributed by atoms with Crippen LogP contribution in [0.25, 0.3) is 0 Å². The van der Waals surface area contributed by atoms with Crippen molar-refractivity contribution in [2.24, 2.45) is 7.05 Å². The standard InChI is InChI=1S/C8H14N2/c1-4-7-6-10(3)8(5-2)9-7/h6H,4-5H2,1-3H3/p+1. The first-order chi connectivity index (χ1) is 4.77. The predicted octanol–water partition coefficient (Wildman–Crippen LogP) is 0.964. The Labute approximate surface area is 61.9 Å². The van der Waals surface area contributed by atoms with Crippen molar-refractivity contribution in [3.05, 3.63) is 17.7 Å². The van der Waals surface area contributed by atoms with Crippen molar-refractivity contribution >= 4 is 0 Å². The lowest BCUT2D eigenvalue weighted by Crippen LogP contribution is -2.29. The number of nitrogens with zero attached hydrogens (tertiary/aromatic N) is 1. The maximum absolute atomic E-state index is 3.34. The van der Waals surface area contributed by atoms with Gasteiger partial charge in [0.2, 0.25) is 0 Å². The topological polar surface area (TPSA) is 19.7 Å². The molecular weight excluding hydrogens is 124 g/mol. The monoisotopic (exact) mass is 139 g/mol. The minimum Gasteiger partial charge on any atom is -0.245 e. The Morgan fingerprint density at radius 2 is 2.10 bits per heavy atom. The molecule has 0 saturated heterocycles. The van der Waals surface area contributed by atoms with E-state index in [0.717, 1.165) is 12.8 Å². The number of nitrogens with one attached hydrogen (secondary N) is 1. The molecule has 0 bridgehead atoms. The lowest BCUT2D eigenvalue weighted by atomic mass is 10.4. The van der Waals surface area contributed by atoms with E-state index in [2.05, 4.69) is 36.6 Å². The Hall–Kier alpha value is -0.790. The summed E-state index contributed by atoms with van der Waals surface area (Å²) in [5, 5.41) is 0. The molecule has 56 valence electrons. The number of hydrogen-bond donors (Lipinski definition) is 1. The molecule has 1 aromatic rings. The van der Waals surface area contributed by atoms with Gasteiger partial charge in [-0.3, -0.25) is 0 Å². The first-order valence-corrected chi connectivity index (χ1v) is 3.84. The molecule has 0 radical (unpaired) electrons. The maximum atomic E-state index is 3.34. The number of aryl methyl sites for hydroxylation is 3. The van der Waals surface area contributed by atoms with Crippen LogP contribution in [0.5, 0.6) is 0 Å². The molecule has 0 aliphatic heterocycles. The number of imidazole rings is 1. The molecule has 10 heavy (non-hydrogen) atoms. The average molecular weight is 139 g/mol. The third-order valence-electron chi connectivity index (χ3n) is 1.80. The van der Waals surface area contributed by atoms with Gasteiger partial charge in [0, 0.05) is 12.8 Å². The number of H-pyrrole nitrogens is 1. The van der Waals surface area contributed by atoms with Crippen LogP contribution in [-0.2, 0) is 19.9 Å². The van der Waals surface area contributed by atoms with E-state index in [1.165, 1.54) is 11.5 Å². The van der Waals surface area contributed by atoms with Crippen LogP contribution in [-0.4, -0.2) is 4.98 Å². The normalized spacial score (nSPS) is 10.3. The van der Waals surface area contributed by atoms with Crippen molar-refractivity contribution in [1.82, 2.24) is 4.98 Å². The minimum atomic E-state index is 1.08. The molecule has 0 amide bonds. The highest BCUT2D eigenvalue weighted by Crippen LogP contribution is 1.94. The maximum Gasteiger partial charge on any atom is 0.253 e. The molecule has 1 heterocycles. The molecule has 0 fully saturated rings. The molecule has 0 saturated carbocycles. The van der Waals surface area contributed by atoms with Crippen molar-refractivity contribution < 1.29 is 4.57 Å². The Kier molecular flexibility index (Phi) is 2.10. The van der Waals surface area contributed by atoms with Crippen molar-refractivity contribution in [2.75, 3.05) is 0 Å². The van der Waals surface area contributed by atoms with Crippen LogP contribution >= 0.6 is 0 Å². The van der Waals surface area contributed by atoms with Gasteiger partial charge in [0.1, 0.15) is 11.9 Å². The lowest BCUT2D eigenvalue weighted by molar-refractivity contribution is -0.677. The second-order valence-electron chi connectivity index (χ2n) is 2.54. The van der Waals surface area contributed by atoms with E-state index in [1.807, 2.05) is 0 Å². The number of aromatic amines is 1. The molecule has 0 aliphatic rings. The van der Waals surface area contributed by atoms with Crippen molar-refractivity contribution in [3.63, 3.8) is 0 Å². The van der Waals surface area contributed by atoms with E-state index >= 15 is 0 Å². The zero-order valence-electron chi connectivity index (χ0n) is 6.94. The summed E-state index contributed by atoms with van der Waals surface area (Å²) in [6, 6.07) is 0. The van der Waals surface area contributed by atoms with Crippen LogP contribution in [0.2, 0.25) is 0 Å². The van der Waals surface area contributed by atoms with Gasteiger partial charge in [-0.15, -0.1) is 0 Å². The predicted molar refractivity (Wildman–Crippen MR) is 40.7 cm³/mol. The smallest absolute Gasteiger partial charge is 0.245 e. The fourth-order valence-electron chi connectivity index (χ4n) is 1.13. The molecule has 0 spiro atoms. The van der Waals surface area contributed by atoms with Gasteiger partial charge in [0.05, 0.1) is 7.05 Å². The molecule has 2 heteroatoms. The zero-order chi connectivity index (χ0) is 7.56. The van der Waals surface area contributed by atoms with E-state index in [4.69, 9.17) is 0 Å². The molecule has 0 aromatic carbocycles. The summed E-state index contributed by atoms with van der Waals surface area (Å²) in [4.78, 5) is 3.34. The highest BCUT2D eigenvalue weighted by Gasteiger charge is 2.07. The molecular formula is C8H15N2+. The highest BCUT2D eigenvalue weighted by molar-refractivity contribution is 4.93. The third-order valence-corrected chi connectivity index (χ3v) is 1.80. The van der Waals surface area contributed by atoms with Crippen LogP contribution in [0.15, 0.2) is 6.20 Å². The molecule has 1 N–H and O–H groups in total. The fraction of sp³-hybridized carbons (Fsp3) is 0.625. The second kappa shape index (κ2) is 2.86. The average Bonchev–Trinajstić information content (AvgIpc) is 2.30. The van der Waals surface area contributed by atoms with Gasteiger partial charge in [-0.2, -0.15) is 0 Å². The van der Waals surface area contributed by atoms with E-state index in [9.17, 15) is 0 Å². The van der Waals surface area contributed by atoms with E-state index in [1.54, 1.807) is 0 Å². The van der Waals surface area contributed by atoms with Crippen LogP contribution in [0.4, 0.5) is 0 Å². The Morgan fingerprint density at radius 1 is 1.40 bits per heavy atom. The lowest BCUT2D eigenvalue weighted by Gasteiger charge is -1.83. The van der Waals surface area contributed by atoms with Crippen LogP contribution in [0, 0.1) is 0 Å². The first kappa shape index (κ1) is 7.32.